The van der Waals surface area contributed by atoms with Crippen LogP contribution in [0, 0.1) is 0 Å². The van der Waals surface area contributed by atoms with Crippen molar-refractivity contribution in [2.75, 3.05) is 19.7 Å². The van der Waals surface area contributed by atoms with Crippen LogP contribution in [0.4, 0.5) is 0 Å². The molecule has 1 aliphatic rings. The fraction of sp³-hybridized carbons (Fsp3) is 0.273. The zero-order valence-electron chi connectivity index (χ0n) is 15.4. The number of carbonyl (C=O) groups is 1. The van der Waals surface area contributed by atoms with Crippen LogP contribution in [-0.2, 0) is 0 Å². The molecule has 4 rings (SSSR count). The lowest BCUT2D eigenvalue weighted by atomic mass is 10.1. The molecular weight excluding hydrogens is 340 g/mol. The van der Waals surface area contributed by atoms with Gasteiger partial charge in [0.05, 0.1) is 18.4 Å². The number of hydrogen-bond acceptors (Lipinski definition) is 4. The lowest BCUT2D eigenvalue weighted by Crippen LogP contribution is -2.28. The van der Waals surface area contributed by atoms with E-state index in [1.807, 2.05) is 60.4 Å². The third-order valence-corrected chi connectivity index (χ3v) is 4.74. The first-order valence-corrected chi connectivity index (χ1v) is 9.34. The maximum Gasteiger partial charge on any atom is 0.254 e. The Hall–Kier alpha value is -3.08. The summed E-state index contributed by atoms with van der Waals surface area (Å²) in [6.07, 6.45) is 3.83. The summed E-state index contributed by atoms with van der Waals surface area (Å²) in [6.45, 7) is 4.22. The predicted molar refractivity (Wildman–Crippen MR) is 104 cm³/mol. The van der Waals surface area contributed by atoms with Gasteiger partial charge in [0, 0.05) is 24.2 Å². The summed E-state index contributed by atoms with van der Waals surface area (Å²) in [5, 5.41) is 0. The molecule has 2 aromatic carbocycles. The van der Waals surface area contributed by atoms with E-state index in [4.69, 9.17) is 9.15 Å². The highest BCUT2D eigenvalue weighted by Gasteiger charge is 2.23. The first kappa shape index (κ1) is 17.3. The molecule has 5 heteroatoms. The summed E-state index contributed by atoms with van der Waals surface area (Å²) >= 11 is 0. The highest BCUT2D eigenvalue weighted by molar-refractivity contribution is 6.00. The molecule has 1 aliphatic heterocycles. The van der Waals surface area contributed by atoms with Crippen molar-refractivity contribution in [1.82, 2.24) is 9.88 Å². The molecule has 3 aromatic rings. The van der Waals surface area contributed by atoms with Crippen molar-refractivity contribution >= 4 is 5.91 Å². The van der Waals surface area contributed by atoms with E-state index < -0.39 is 0 Å². The van der Waals surface area contributed by atoms with Gasteiger partial charge in [-0.25, -0.2) is 4.98 Å². The van der Waals surface area contributed by atoms with Crippen LogP contribution < -0.4 is 4.74 Å². The van der Waals surface area contributed by atoms with Crippen LogP contribution in [0.5, 0.6) is 5.75 Å². The van der Waals surface area contributed by atoms with Gasteiger partial charge in [0.1, 0.15) is 5.75 Å². The average Bonchev–Trinajstić information content (AvgIpc) is 3.41. The third-order valence-electron chi connectivity index (χ3n) is 4.74. The van der Waals surface area contributed by atoms with Crippen molar-refractivity contribution in [3.8, 4) is 28.5 Å². The molecule has 5 nitrogen and oxygen atoms in total. The van der Waals surface area contributed by atoms with Gasteiger partial charge in [-0.2, -0.15) is 0 Å². The van der Waals surface area contributed by atoms with Gasteiger partial charge in [0.2, 0.25) is 5.89 Å². The van der Waals surface area contributed by atoms with Gasteiger partial charge in [-0.15, -0.1) is 0 Å². The van der Waals surface area contributed by atoms with Gasteiger partial charge in [0.15, 0.2) is 5.76 Å². The van der Waals surface area contributed by atoms with Crippen molar-refractivity contribution in [1.29, 1.82) is 0 Å². The monoisotopic (exact) mass is 362 g/mol. The predicted octanol–water partition coefficient (Wildman–Crippen LogP) is 4.64. The van der Waals surface area contributed by atoms with Crippen LogP contribution >= 0.6 is 0 Å². The SMILES string of the molecule is CCOc1ccc(-c2cnc(-c3ccccc3C(=O)N3CCCC3)o2)cc1. The Labute approximate surface area is 158 Å². The van der Waals surface area contributed by atoms with Crippen LogP contribution in [0.25, 0.3) is 22.8 Å². The number of benzene rings is 2. The Morgan fingerprint density at radius 3 is 2.59 bits per heavy atom. The normalized spacial score (nSPS) is 13.7. The largest absolute Gasteiger partial charge is 0.494 e. The molecule has 27 heavy (non-hydrogen) atoms. The van der Waals surface area contributed by atoms with Gasteiger partial charge >= 0.3 is 0 Å². The van der Waals surface area contributed by atoms with E-state index in [9.17, 15) is 4.79 Å². The van der Waals surface area contributed by atoms with E-state index in [1.165, 1.54) is 0 Å². The second-order valence-corrected chi connectivity index (χ2v) is 6.53. The molecule has 1 fully saturated rings. The highest BCUT2D eigenvalue weighted by Crippen LogP contribution is 2.30. The first-order valence-electron chi connectivity index (χ1n) is 9.34. The standard InChI is InChI=1S/C22H22N2O3/c1-2-26-17-11-9-16(10-12-17)20-15-23-21(27-20)18-7-3-4-8-19(18)22(25)24-13-5-6-14-24/h3-4,7-12,15H,2,5-6,13-14H2,1H3. The fourth-order valence-electron chi connectivity index (χ4n) is 3.36. The van der Waals surface area contributed by atoms with Crippen molar-refractivity contribution in [3.63, 3.8) is 0 Å². The summed E-state index contributed by atoms with van der Waals surface area (Å²) in [6, 6.07) is 15.2. The molecule has 1 aromatic heterocycles. The van der Waals surface area contributed by atoms with Crippen LogP contribution in [0.15, 0.2) is 59.1 Å². The van der Waals surface area contributed by atoms with Crippen molar-refractivity contribution in [3.05, 3.63) is 60.3 Å². The van der Waals surface area contributed by atoms with Crippen molar-refractivity contribution in [2.45, 2.75) is 19.8 Å². The van der Waals surface area contributed by atoms with Crippen molar-refractivity contribution < 1.29 is 13.9 Å². The number of nitrogens with zero attached hydrogens (tertiary/aromatic N) is 2. The fourth-order valence-corrected chi connectivity index (χ4v) is 3.36. The number of hydrogen-bond donors (Lipinski definition) is 0. The zero-order valence-corrected chi connectivity index (χ0v) is 15.4. The zero-order chi connectivity index (χ0) is 18.6. The Bertz CT molecular complexity index is 925. The molecular formula is C22H22N2O3. The van der Waals surface area contributed by atoms with E-state index in [-0.39, 0.29) is 5.91 Å². The number of likely N-dealkylation sites (tertiary alicyclic amines) is 1. The molecule has 0 saturated carbocycles. The topological polar surface area (TPSA) is 55.6 Å². The summed E-state index contributed by atoms with van der Waals surface area (Å²) in [7, 11) is 0. The van der Waals surface area contributed by atoms with Crippen LogP contribution in [0.2, 0.25) is 0 Å². The Balaban J connectivity index is 1.62. The maximum absolute atomic E-state index is 12.9. The number of aromatic nitrogens is 1. The minimum atomic E-state index is 0.0453. The van der Waals surface area contributed by atoms with Gasteiger partial charge in [-0.05, 0) is 56.2 Å². The third kappa shape index (κ3) is 3.58. The summed E-state index contributed by atoms with van der Waals surface area (Å²) in [5.41, 5.74) is 2.28. The van der Waals surface area contributed by atoms with Gasteiger partial charge in [0.25, 0.3) is 5.91 Å². The molecule has 0 unspecified atom stereocenters. The van der Waals surface area contributed by atoms with Gasteiger partial charge in [-0.1, -0.05) is 12.1 Å². The maximum atomic E-state index is 12.9. The molecule has 1 saturated heterocycles. The molecule has 138 valence electrons. The Morgan fingerprint density at radius 2 is 1.85 bits per heavy atom. The van der Waals surface area contributed by atoms with E-state index >= 15 is 0 Å². The number of oxazole rings is 1. The average molecular weight is 362 g/mol. The molecule has 1 amide bonds. The highest BCUT2D eigenvalue weighted by atomic mass is 16.5. The second-order valence-electron chi connectivity index (χ2n) is 6.53. The quantitative estimate of drug-likeness (QED) is 0.663. The van der Waals surface area contributed by atoms with E-state index in [0.29, 0.717) is 23.8 Å². The molecule has 0 spiro atoms. The summed E-state index contributed by atoms with van der Waals surface area (Å²) in [5.74, 6) is 1.99. The van der Waals surface area contributed by atoms with Crippen LogP contribution in [0.3, 0.4) is 0 Å². The Kier molecular flexibility index (Phi) is 4.92. The minimum absolute atomic E-state index is 0.0453. The molecule has 0 N–H and O–H groups in total. The number of amides is 1. The summed E-state index contributed by atoms with van der Waals surface area (Å²) < 4.78 is 11.5. The molecule has 0 atom stereocenters. The van der Waals surface area contributed by atoms with Gasteiger partial charge < -0.3 is 14.1 Å². The lowest BCUT2D eigenvalue weighted by Gasteiger charge is -2.16. The van der Waals surface area contributed by atoms with Crippen molar-refractivity contribution in [2.24, 2.45) is 0 Å². The lowest BCUT2D eigenvalue weighted by molar-refractivity contribution is 0.0793. The van der Waals surface area contributed by atoms with E-state index in [1.54, 1.807) is 6.20 Å². The number of carbonyl (C=O) groups excluding carboxylic acids is 1. The number of ether oxygens (including phenoxy) is 1. The van der Waals surface area contributed by atoms with Gasteiger partial charge in [-0.3, -0.25) is 4.79 Å². The minimum Gasteiger partial charge on any atom is -0.494 e. The van der Waals surface area contributed by atoms with Crippen LogP contribution in [0.1, 0.15) is 30.1 Å². The van der Waals surface area contributed by atoms with E-state index in [2.05, 4.69) is 4.98 Å². The van der Waals surface area contributed by atoms with E-state index in [0.717, 1.165) is 42.8 Å². The smallest absolute Gasteiger partial charge is 0.254 e. The Morgan fingerprint density at radius 1 is 1.11 bits per heavy atom. The molecule has 0 bridgehead atoms. The number of rotatable bonds is 5. The molecule has 0 aliphatic carbocycles. The first-order chi connectivity index (χ1) is 13.3. The second kappa shape index (κ2) is 7.66. The summed E-state index contributed by atoms with van der Waals surface area (Å²) in [4.78, 5) is 19.2. The molecule has 0 radical (unpaired) electrons. The molecule has 2 heterocycles. The van der Waals surface area contributed by atoms with Crippen LogP contribution in [-0.4, -0.2) is 35.5 Å².